The van der Waals surface area contributed by atoms with Crippen molar-refractivity contribution in [3.05, 3.63) is 65.7 Å². The van der Waals surface area contributed by atoms with E-state index in [1.807, 2.05) is 6.07 Å². The summed E-state index contributed by atoms with van der Waals surface area (Å²) in [5.74, 6) is 3.85. The molecule has 0 saturated heterocycles. The van der Waals surface area contributed by atoms with Crippen molar-refractivity contribution in [2.45, 2.75) is 37.5 Å². The molecular formula is C26H24O. The van der Waals surface area contributed by atoms with E-state index in [2.05, 4.69) is 48.5 Å². The van der Waals surface area contributed by atoms with Gasteiger partial charge in [-0.15, -0.1) is 0 Å². The van der Waals surface area contributed by atoms with Crippen molar-refractivity contribution in [1.82, 2.24) is 0 Å². The van der Waals surface area contributed by atoms with E-state index in [0.29, 0.717) is 5.75 Å². The van der Waals surface area contributed by atoms with E-state index >= 15 is 0 Å². The molecule has 3 aromatic carbocycles. The molecule has 4 fully saturated rings. The summed E-state index contributed by atoms with van der Waals surface area (Å²) in [5, 5.41) is 13.2. The molecule has 4 saturated carbocycles. The summed E-state index contributed by atoms with van der Waals surface area (Å²) in [7, 11) is 0. The van der Waals surface area contributed by atoms with Gasteiger partial charge in [0.15, 0.2) is 0 Å². The molecule has 5 aliphatic carbocycles. The minimum atomic E-state index is 0.140. The maximum atomic E-state index is 11.0. The van der Waals surface area contributed by atoms with E-state index in [-0.39, 0.29) is 5.41 Å². The average molecular weight is 352 g/mol. The monoisotopic (exact) mass is 352 g/mol. The van der Waals surface area contributed by atoms with Crippen molar-refractivity contribution in [1.29, 1.82) is 0 Å². The zero-order valence-electron chi connectivity index (χ0n) is 15.5. The molecule has 3 aromatic rings. The van der Waals surface area contributed by atoms with Crippen LogP contribution in [-0.2, 0) is 5.41 Å². The van der Waals surface area contributed by atoms with E-state index in [0.717, 1.165) is 29.1 Å². The Hall–Kier alpha value is -2.28. The highest BCUT2D eigenvalue weighted by atomic mass is 16.3. The fourth-order valence-corrected chi connectivity index (χ4v) is 7.99. The van der Waals surface area contributed by atoms with Crippen molar-refractivity contribution in [3.63, 3.8) is 0 Å². The predicted molar refractivity (Wildman–Crippen MR) is 109 cm³/mol. The number of hydrogen-bond acceptors (Lipinski definition) is 1. The SMILES string of the molecule is Oc1cc2c(c3ccccc13)-c1ccccc1C21C2CC3CC(C2)CC1C3. The Morgan fingerprint density at radius 2 is 1.33 bits per heavy atom. The second kappa shape index (κ2) is 4.76. The Bertz CT molecular complexity index is 1080. The number of fused-ring (bicyclic) bond motifs is 5. The van der Waals surface area contributed by atoms with Gasteiger partial charge in [-0.2, -0.15) is 0 Å². The number of benzene rings is 3. The molecule has 0 amide bonds. The summed E-state index contributed by atoms with van der Waals surface area (Å²) in [6, 6.07) is 19.7. The molecule has 4 bridgehead atoms. The molecule has 0 heterocycles. The zero-order chi connectivity index (χ0) is 17.8. The number of hydrogen-bond donors (Lipinski definition) is 1. The van der Waals surface area contributed by atoms with Crippen LogP contribution in [0.3, 0.4) is 0 Å². The maximum Gasteiger partial charge on any atom is 0.123 e. The van der Waals surface area contributed by atoms with Crippen LogP contribution in [0.15, 0.2) is 54.6 Å². The normalized spacial score (nSPS) is 35.0. The van der Waals surface area contributed by atoms with E-state index < -0.39 is 0 Å². The van der Waals surface area contributed by atoms with Gasteiger partial charge in [-0.1, -0.05) is 48.5 Å². The molecule has 1 nitrogen and oxygen atoms in total. The topological polar surface area (TPSA) is 20.2 Å². The predicted octanol–water partition coefficient (Wildman–Crippen LogP) is 6.27. The van der Waals surface area contributed by atoms with Crippen molar-refractivity contribution < 1.29 is 5.11 Å². The van der Waals surface area contributed by atoms with E-state index in [4.69, 9.17) is 0 Å². The van der Waals surface area contributed by atoms with Gasteiger partial charge >= 0.3 is 0 Å². The lowest BCUT2D eigenvalue weighted by molar-refractivity contribution is -0.0399. The number of rotatable bonds is 0. The summed E-state index contributed by atoms with van der Waals surface area (Å²) in [6.45, 7) is 0. The van der Waals surface area contributed by atoms with Crippen molar-refractivity contribution in [2.75, 3.05) is 0 Å². The molecule has 27 heavy (non-hydrogen) atoms. The molecule has 0 radical (unpaired) electrons. The highest BCUT2D eigenvalue weighted by Crippen LogP contribution is 2.70. The molecule has 1 heteroatoms. The summed E-state index contributed by atoms with van der Waals surface area (Å²) in [5.41, 5.74) is 5.97. The lowest BCUT2D eigenvalue weighted by atomic mass is 9.43. The van der Waals surface area contributed by atoms with Gasteiger partial charge in [0.2, 0.25) is 0 Å². The molecule has 1 spiro atoms. The first-order valence-electron chi connectivity index (χ1n) is 10.6. The van der Waals surface area contributed by atoms with Crippen molar-refractivity contribution in [3.8, 4) is 16.9 Å². The average Bonchev–Trinajstić information content (AvgIpc) is 2.97. The molecule has 8 rings (SSSR count). The fourth-order valence-electron chi connectivity index (χ4n) is 7.99. The van der Waals surface area contributed by atoms with Crippen LogP contribution in [-0.4, -0.2) is 5.11 Å². The van der Waals surface area contributed by atoms with Gasteiger partial charge in [-0.05, 0) is 89.5 Å². The molecule has 0 atom stereocenters. The van der Waals surface area contributed by atoms with Crippen LogP contribution in [0.25, 0.3) is 21.9 Å². The highest BCUT2D eigenvalue weighted by molar-refractivity contribution is 6.05. The first-order chi connectivity index (χ1) is 13.3. The van der Waals surface area contributed by atoms with Crippen LogP contribution in [0, 0.1) is 23.7 Å². The number of aromatic hydroxyl groups is 1. The summed E-state index contributed by atoms with van der Waals surface area (Å²) < 4.78 is 0. The Labute approximate surface area is 160 Å². The summed E-state index contributed by atoms with van der Waals surface area (Å²) in [4.78, 5) is 0. The zero-order valence-corrected chi connectivity index (χ0v) is 15.5. The van der Waals surface area contributed by atoms with Crippen LogP contribution >= 0.6 is 0 Å². The minimum absolute atomic E-state index is 0.140. The van der Waals surface area contributed by atoms with Gasteiger partial charge in [0, 0.05) is 10.8 Å². The van der Waals surface area contributed by atoms with Crippen molar-refractivity contribution >= 4 is 10.8 Å². The van der Waals surface area contributed by atoms with Gasteiger partial charge < -0.3 is 5.11 Å². The van der Waals surface area contributed by atoms with Gasteiger partial charge in [-0.25, -0.2) is 0 Å². The molecule has 0 unspecified atom stereocenters. The van der Waals surface area contributed by atoms with Crippen LogP contribution in [0.5, 0.6) is 5.75 Å². The smallest absolute Gasteiger partial charge is 0.123 e. The molecular weight excluding hydrogens is 328 g/mol. The molecule has 0 aliphatic heterocycles. The third kappa shape index (κ3) is 1.60. The van der Waals surface area contributed by atoms with E-state index in [9.17, 15) is 5.11 Å². The molecule has 1 N–H and O–H groups in total. The second-order valence-electron chi connectivity index (χ2n) is 9.58. The highest BCUT2D eigenvalue weighted by Gasteiger charge is 2.61. The van der Waals surface area contributed by atoms with Crippen LogP contribution in [0.4, 0.5) is 0 Å². The number of phenols is 1. The van der Waals surface area contributed by atoms with Gasteiger partial charge in [0.1, 0.15) is 5.75 Å². The maximum absolute atomic E-state index is 11.0. The number of phenolic OH excluding ortho intramolecular Hbond substituents is 1. The molecule has 0 aromatic heterocycles. The summed E-state index contributed by atoms with van der Waals surface area (Å²) >= 11 is 0. The third-order valence-corrected chi connectivity index (χ3v) is 8.54. The largest absolute Gasteiger partial charge is 0.507 e. The first kappa shape index (κ1) is 14.7. The van der Waals surface area contributed by atoms with Crippen LogP contribution in [0.2, 0.25) is 0 Å². The van der Waals surface area contributed by atoms with Gasteiger partial charge in [0.25, 0.3) is 0 Å². The fraction of sp³-hybridized carbons (Fsp3) is 0.385. The quantitative estimate of drug-likeness (QED) is 0.506. The second-order valence-corrected chi connectivity index (χ2v) is 9.58. The Kier molecular flexibility index (Phi) is 2.60. The van der Waals surface area contributed by atoms with Gasteiger partial charge in [0.05, 0.1) is 0 Å². The van der Waals surface area contributed by atoms with Crippen LogP contribution < -0.4 is 0 Å². The molecule has 5 aliphatic rings. The Balaban J connectivity index is 1.63. The summed E-state index contributed by atoms with van der Waals surface area (Å²) in [6.07, 6.45) is 7.01. The lowest BCUT2D eigenvalue weighted by Gasteiger charge is -2.61. The minimum Gasteiger partial charge on any atom is -0.507 e. The van der Waals surface area contributed by atoms with E-state index in [1.165, 1.54) is 54.2 Å². The first-order valence-corrected chi connectivity index (χ1v) is 10.6. The molecule has 134 valence electrons. The van der Waals surface area contributed by atoms with Crippen LogP contribution in [0.1, 0.15) is 43.2 Å². The van der Waals surface area contributed by atoms with E-state index in [1.54, 1.807) is 5.56 Å². The van der Waals surface area contributed by atoms with Crippen molar-refractivity contribution in [2.24, 2.45) is 23.7 Å². The third-order valence-electron chi connectivity index (χ3n) is 8.54. The lowest BCUT2D eigenvalue weighted by Crippen LogP contribution is -2.55. The Morgan fingerprint density at radius 1 is 0.704 bits per heavy atom. The Morgan fingerprint density at radius 3 is 2.07 bits per heavy atom. The standard InChI is InChI=1S/C26H24O/c27-24-14-23-25(20-6-2-1-5-19(20)24)21-7-3-4-8-22(21)26(23)17-10-15-9-16(12-17)13-18(26)11-15/h1-8,14-18,27H,9-13H2. The van der Waals surface area contributed by atoms with Gasteiger partial charge in [-0.3, -0.25) is 0 Å².